The lowest BCUT2D eigenvalue weighted by atomic mass is 10.1. The number of carbonyl (C=O) groups excluding carboxylic acids is 1. The minimum Gasteiger partial charge on any atom is -0.491 e. The van der Waals surface area contributed by atoms with Crippen LogP contribution in [0.4, 0.5) is 11.4 Å². The first-order valence-corrected chi connectivity index (χ1v) is 6.96. The summed E-state index contributed by atoms with van der Waals surface area (Å²) < 4.78 is 5.70. The molecule has 0 spiro atoms. The molecule has 0 radical (unpaired) electrons. The zero-order valence-electron chi connectivity index (χ0n) is 11.9. The van der Waals surface area contributed by atoms with E-state index in [0.29, 0.717) is 18.7 Å². The molecule has 2 heterocycles. The molecule has 5 nitrogen and oxygen atoms in total. The normalized spacial score (nSPS) is 13.9. The molecule has 21 heavy (non-hydrogen) atoms. The molecular formula is C16H17N3O2. The number of carbonyl (C=O) groups is 1. The maximum Gasteiger partial charge on any atom is 0.262 e. The number of ether oxygens (including phenoxy) is 1. The van der Waals surface area contributed by atoms with Crippen LogP contribution < -0.4 is 15.0 Å². The van der Waals surface area contributed by atoms with Crippen LogP contribution in [-0.2, 0) is 0 Å². The van der Waals surface area contributed by atoms with Crippen molar-refractivity contribution in [1.29, 1.82) is 0 Å². The number of rotatable bonds is 2. The van der Waals surface area contributed by atoms with Gasteiger partial charge < -0.3 is 15.0 Å². The van der Waals surface area contributed by atoms with Crippen molar-refractivity contribution in [2.45, 2.75) is 6.42 Å². The quantitative estimate of drug-likeness (QED) is 0.920. The molecule has 1 aromatic heterocycles. The van der Waals surface area contributed by atoms with E-state index < -0.39 is 0 Å². The van der Waals surface area contributed by atoms with Gasteiger partial charge in [-0.2, -0.15) is 0 Å². The SMILES string of the molecule is CNc1ccncc1C(=O)N1CCCOc2ccccc21. The predicted octanol–water partition coefficient (Wildman–Crippen LogP) is 2.55. The van der Waals surface area contributed by atoms with Gasteiger partial charge in [0.2, 0.25) is 0 Å². The Morgan fingerprint density at radius 1 is 1.33 bits per heavy atom. The summed E-state index contributed by atoms with van der Waals surface area (Å²) in [6.45, 7) is 1.25. The molecule has 0 saturated heterocycles. The summed E-state index contributed by atoms with van der Waals surface area (Å²) in [5, 5.41) is 3.04. The highest BCUT2D eigenvalue weighted by atomic mass is 16.5. The third-order valence-corrected chi connectivity index (χ3v) is 3.51. The van der Waals surface area contributed by atoms with Crippen molar-refractivity contribution in [3.63, 3.8) is 0 Å². The van der Waals surface area contributed by atoms with Crippen molar-refractivity contribution >= 4 is 17.3 Å². The average molecular weight is 283 g/mol. The van der Waals surface area contributed by atoms with Gasteiger partial charge in [-0.25, -0.2) is 0 Å². The van der Waals surface area contributed by atoms with E-state index in [1.54, 1.807) is 30.4 Å². The second-order valence-corrected chi connectivity index (χ2v) is 4.80. The molecule has 0 fully saturated rings. The Labute approximate surface area is 123 Å². The predicted molar refractivity (Wildman–Crippen MR) is 82.0 cm³/mol. The topological polar surface area (TPSA) is 54.5 Å². The van der Waals surface area contributed by atoms with Gasteiger partial charge in [-0.15, -0.1) is 0 Å². The number of para-hydroxylation sites is 2. The molecule has 0 saturated carbocycles. The van der Waals surface area contributed by atoms with Gasteiger partial charge in [0, 0.05) is 31.7 Å². The summed E-state index contributed by atoms with van der Waals surface area (Å²) in [5.74, 6) is 0.684. The molecule has 1 aliphatic heterocycles. The summed E-state index contributed by atoms with van der Waals surface area (Å²) in [5.41, 5.74) is 2.15. The van der Waals surface area contributed by atoms with E-state index >= 15 is 0 Å². The van der Waals surface area contributed by atoms with Gasteiger partial charge in [0.25, 0.3) is 5.91 Å². The number of nitrogens with zero attached hydrogens (tertiary/aromatic N) is 2. The Kier molecular flexibility index (Phi) is 3.73. The zero-order valence-corrected chi connectivity index (χ0v) is 11.9. The Bertz CT molecular complexity index is 657. The number of aromatic nitrogens is 1. The van der Waals surface area contributed by atoms with Crippen LogP contribution in [0.15, 0.2) is 42.7 Å². The monoisotopic (exact) mass is 283 g/mol. The van der Waals surface area contributed by atoms with Gasteiger partial charge in [0.15, 0.2) is 0 Å². The van der Waals surface area contributed by atoms with Gasteiger partial charge in [0.05, 0.1) is 17.9 Å². The van der Waals surface area contributed by atoms with E-state index in [2.05, 4.69) is 10.3 Å². The van der Waals surface area contributed by atoms with E-state index in [-0.39, 0.29) is 5.91 Å². The molecule has 2 aromatic rings. The molecule has 108 valence electrons. The Hall–Kier alpha value is -2.56. The number of benzene rings is 1. The van der Waals surface area contributed by atoms with Crippen molar-refractivity contribution in [2.24, 2.45) is 0 Å². The largest absolute Gasteiger partial charge is 0.491 e. The van der Waals surface area contributed by atoms with Crippen LogP contribution in [0.2, 0.25) is 0 Å². The van der Waals surface area contributed by atoms with Crippen LogP contribution in [0.25, 0.3) is 0 Å². The summed E-state index contributed by atoms with van der Waals surface area (Å²) >= 11 is 0. The number of amides is 1. The van der Waals surface area contributed by atoms with Crippen molar-refractivity contribution in [3.8, 4) is 5.75 Å². The highest BCUT2D eigenvalue weighted by molar-refractivity contribution is 6.10. The molecule has 0 bridgehead atoms. The van der Waals surface area contributed by atoms with Crippen LogP contribution in [0.3, 0.4) is 0 Å². The first-order valence-electron chi connectivity index (χ1n) is 6.96. The summed E-state index contributed by atoms with van der Waals surface area (Å²) in [6.07, 6.45) is 4.07. The molecule has 5 heteroatoms. The van der Waals surface area contributed by atoms with Crippen molar-refractivity contribution in [3.05, 3.63) is 48.3 Å². The highest BCUT2D eigenvalue weighted by Gasteiger charge is 2.24. The summed E-state index contributed by atoms with van der Waals surface area (Å²) in [6, 6.07) is 9.43. The van der Waals surface area contributed by atoms with Crippen LogP contribution in [-0.4, -0.2) is 31.1 Å². The molecule has 0 aliphatic carbocycles. The first-order chi connectivity index (χ1) is 10.3. The number of hydrogen-bond acceptors (Lipinski definition) is 4. The molecule has 1 N–H and O–H groups in total. The fraction of sp³-hybridized carbons (Fsp3) is 0.250. The van der Waals surface area contributed by atoms with E-state index in [1.807, 2.05) is 24.3 Å². The maximum absolute atomic E-state index is 12.9. The third kappa shape index (κ3) is 2.54. The average Bonchev–Trinajstić information content (AvgIpc) is 2.76. The summed E-state index contributed by atoms with van der Waals surface area (Å²) in [4.78, 5) is 18.7. The number of anilines is 2. The van der Waals surface area contributed by atoms with E-state index in [0.717, 1.165) is 23.5 Å². The van der Waals surface area contributed by atoms with E-state index in [9.17, 15) is 4.79 Å². The van der Waals surface area contributed by atoms with E-state index in [1.165, 1.54) is 0 Å². The zero-order chi connectivity index (χ0) is 14.7. The molecule has 1 amide bonds. The standard InChI is InChI=1S/C16H17N3O2/c1-17-13-7-8-18-11-12(13)16(20)19-9-4-10-21-15-6-3-2-5-14(15)19/h2-3,5-8,11H,4,9-10H2,1H3,(H,17,18). The van der Waals surface area contributed by atoms with Crippen molar-refractivity contribution in [2.75, 3.05) is 30.4 Å². The van der Waals surface area contributed by atoms with Crippen LogP contribution in [0.5, 0.6) is 5.75 Å². The van der Waals surface area contributed by atoms with Crippen LogP contribution in [0, 0.1) is 0 Å². The van der Waals surface area contributed by atoms with Gasteiger partial charge in [-0.3, -0.25) is 9.78 Å². The smallest absolute Gasteiger partial charge is 0.262 e. The van der Waals surface area contributed by atoms with Gasteiger partial charge >= 0.3 is 0 Å². The minimum absolute atomic E-state index is 0.0644. The number of hydrogen-bond donors (Lipinski definition) is 1. The number of pyridine rings is 1. The molecule has 1 aliphatic rings. The molecule has 0 unspecified atom stereocenters. The fourth-order valence-electron chi connectivity index (χ4n) is 2.47. The summed E-state index contributed by atoms with van der Waals surface area (Å²) in [7, 11) is 1.80. The maximum atomic E-state index is 12.9. The minimum atomic E-state index is -0.0644. The highest BCUT2D eigenvalue weighted by Crippen LogP contribution is 2.32. The Morgan fingerprint density at radius 2 is 2.19 bits per heavy atom. The molecule has 1 aromatic carbocycles. The van der Waals surface area contributed by atoms with Crippen molar-refractivity contribution < 1.29 is 9.53 Å². The van der Waals surface area contributed by atoms with Crippen molar-refractivity contribution in [1.82, 2.24) is 4.98 Å². The third-order valence-electron chi connectivity index (χ3n) is 3.51. The second-order valence-electron chi connectivity index (χ2n) is 4.80. The van der Waals surface area contributed by atoms with Crippen LogP contribution >= 0.6 is 0 Å². The lowest BCUT2D eigenvalue weighted by Gasteiger charge is -2.22. The molecular weight excluding hydrogens is 266 g/mol. The van der Waals surface area contributed by atoms with Gasteiger partial charge in [-0.05, 0) is 24.6 Å². The number of fused-ring (bicyclic) bond motifs is 1. The Balaban J connectivity index is 2.01. The lowest BCUT2D eigenvalue weighted by molar-refractivity contribution is 0.0987. The Morgan fingerprint density at radius 3 is 3.05 bits per heavy atom. The lowest BCUT2D eigenvalue weighted by Crippen LogP contribution is -2.32. The van der Waals surface area contributed by atoms with Crippen LogP contribution in [0.1, 0.15) is 16.8 Å². The van der Waals surface area contributed by atoms with E-state index in [4.69, 9.17) is 4.74 Å². The second kappa shape index (κ2) is 5.83. The van der Waals surface area contributed by atoms with Gasteiger partial charge in [0.1, 0.15) is 5.75 Å². The fourth-order valence-corrected chi connectivity index (χ4v) is 2.47. The molecule has 0 atom stereocenters. The molecule has 3 rings (SSSR count). The van der Waals surface area contributed by atoms with Gasteiger partial charge in [-0.1, -0.05) is 12.1 Å². The number of nitrogens with one attached hydrogen (secondary N) is 1. The first kappa shape index (κ1) is 13.4.